The molecule has 1 aromatic heterocycles. The molecule has 0 atom stereocenters. The van der Waals surface area contributed by atoms with Gasteiger partial charge < -0.3 is 15.4 Å². The molecule has 0 amide bonds. The fourth-order valence-corrected chi connectivity index (χ4v) is 2.44. The lowest BCUT2D eigenvalue weighted by molar-refractivity contribution is 0.476. The van der Waals surface area contributed by atoms with Gasteiger partial charge in [-0.2, -0.15) is 0 Å². The first-order valence-electron chi connectivity index (χ1n) is 6.38. The SMILES string of the molecule is NCCc1cn(-c2ccccc2)c2ccc(O)cc12. The lowest BCUT2D eigenvalue weighted by atomic mass is 10.1. The number of nitrogens with zero attached hydrogens (tertiary/aromatic N) is 1. The predicted octanol–water partition coefficient (Wildman–Crippen LogP) is 2.84. The van der Waals surface area contributed by atoms with Crippen molar-refractivity contribution in [2.24, 2.45) is 5.73 Å². The van der Waals surface area contributed by atoms with Crippen molar-refractivity contribution in [2.75, 3.05) is 6.54 Å². The van der Waals surface area contributed by atoms with Crippen molar-refractivity contribution in [3.63, 3.8) is 0 Å². The van der Waals surface area contributed by atoms with Crippen LogP contribution in [0.25, 0.3) is 16.6 Å². The molecule has 0 bridgehead atoms. The molecule has 0 unspecified atom stereocenters. The first-order chi connectivity index (χ1) is 9.29. The molecular formula is C16H16N2O. The molecule has 0 aliphatic heterocycles. The number of phenols is 1. The Morgan fingerprint density at radius 2 is 1.84 bits per heavy atom. The minimum Gasteiger partial charge on any atom is -0.508 e. The molecular weight excluding hydrogens is 236 g/mol. The lowest BCUT2D eigenvalue weighted by Gasteiger charge is -2.04. The molecule has 3 aromatic rings. The zero-order chi connectivity index (χ0) is 13.2. The van der Waals surface area contributed by atoms with Gasteiger partial charge in [0, 0.05) is 17.3 Å². The zero-order valence-corrected chi connectivity index (χ0v) is 10.6. The summed E-state index contributed by atoms with van der Waals surface area (Å²) in [6.07, 6.45) is 2.91. The predicted molar refractivity (Wildman–Crippen MR) is 77.7 cm³/mol. The Hall–Kier alpha value is -2.26. The Balaban J connectivity index is 2.25. The Kier molecular flexibility index (Phi) is 2.97. The summed E-state index contributed by atoms with van der Waals surface area (Å²) in [5.74, 6) is 0.289. The van der Waals surface area contributed by atoms with Crippen molar-refractivity contribution in [3.05, 3.63) is 60.3 Å². The van der Waals surface area contributed by atoms with Crippen LogP contribution in [0.3, 0.4) is 0 Å². The van der Waals surface area contributed by atoms with Gasteiger partial charge in [0.05, 0.1) is 5.52 Å². The van der Waals surface area contributed by atoms with Gasteiger partial charge in [0.25, 0.3) is 0 Å². The molecule has 3 heteroatoms. The number of aromatic hydroxyl groups is 1. The number of rotatable bonds is 3. The highest BCUT2D eigenvalue weighted by molar-refractivity contribution is 5.87. The van der Waals surface area contributed by atoms with Gasteiger partial charge >= 0.3 is 0 Å². The molecule has 0 saturated carbocycles. The van der Waals surface area contributed by atoms with Crippen molar-refractivity contribution < 1.29 is 5.11 Å². The molecule has 19 heavy (non-hydrogen) atoms. The van der Waals surface area contributed by atoms with Gasteiger partial charge in [-0.15, -0.1) is 0 Å². The Morgan fingerprint density at radius 1 is 1.05 bits per heavy atom. The van der Waals surface area contributed by atoms with E-state index in [9.17, 15) is 5.11 Å². The van der Waals surface area contributed by atoms with Crippen LogP contribution in [0.15, 0.2) is 54.7 Å². The number of para-hydroxylation sites is 1. The summed E-state index contributed by atoms with van der Waals surface area (Å²) in [5.41, 5.74) is 9.03. The number of hydrogen-bond donors (Lipinski definition) is 2. The fraction of sp³-hybridized carbons (Fsp3) is 0.125. The van der Waals surface area contributed by atoms with E-state index in [0.29, 0.717) is 6.54 Å². The number of hydrogen-bond acceptors (Lipinski definition) is 2. The van der Waals surface area contributed by atoms with Crippen molar-refractivity contribution in [3.8, 4) is 11.4 Å². The van der Waals surface area contributed by atoms with Crippen LogP contribution in [0.5, 0.6) is 5.75 Å². The standard InChI is InChI=1S/C16H16N2O/c17-9-8-12-11-18(13-4-2-1-3-5-13)16-7-6-14(19)10-15(12)16/h1-7,10-11,19H,8-9,17H2. The van der Waals surface area contributed by atoms with E-state index in [1.54, 1.807) is 12.1 Å². The van der Waals surface area contributed by atoms with Gasteiger partial charge in [-0.1, -0.05) is 18.2 Å². The zero-order valence-electron chi connectivity index (χ0n) is 10.6. The molecule has 3 N–H and O–H groups in total. The van der Waals surface area contributed by atoms with E-state index in [1.807, 2.05) is 24.3 Å². The second-order valence-electron chi connectivity index (χ2n) is 4.60. The second kappa shape index (κ2) is 4.78. The van der Waals surface area contributed by atoms with Gasteiger partial charge in [-0.05, 0) is 48.9 Å². The van der Waals surface area contributed by atoms with Gasteiger partial charge in [0.1, 0.15) is 5.75 Å². The first-order valence-corrected chi connectivity index (χ1v) is 6.38. The maximum absolute atomic E-state index is 9.66. The largest absolute Gasteiger partial charge is 0.508 e. The van der Waals surface area contributed by atoms with Crippen LogP contribution in [0.2, 0.25) is 0 Å². The van der Waals surface area contributed by atoms with E-state index < -0.39 is 0 Å². The average molecular weight is 252 g/mol. The number of benzene rings is 2. The number of fused-ring (bicyclic) bond motifs is 1. The molecule has 0 aliphatic carbocycles. The highest BCUT2D eigenvalue weighted by Gasteiger charge is 2.09. The number of phenolic OH excluding ortho intramolecular Hbond substituents is 1. The summed E-state index contributed by atoms with van der Waals surface area (Å²) >= 11 is 0. The number of nitrogens with two attached hydrogens (primary N) is 1. The molecule has 0 spiro atoms. The van der Waals surface area contributed by atoms with E-state index in [4.69, 9.17) is 5.73 Å². The molecule has 1 heterocycles. The minimum atomic E-state index is 0.289. The summed E-state index contributed by atoms with van der Waals surface area (Å²) in [6, 6.07) is 15.6. The maximum atomic E-state index is 9.66. The van der Waals surface area contributed by atoms with Gasteiger partial charge in [-0.25, -0.2) is 0 Å². The maximum Gasteiger partial charge on any atom is 0.116 e. The Labute approximate surface area is 111 Å². The van der Waals surface area contributed by atoms with Crippen molar-refractivity contribution in [1.82, 2.24) is 4.57 Å². The van der Waals surface area contributed by atoms with E-state index >= 15 is 0 Å². The fourth-order valence-electron chi connectivity index (χ4n) is 2.44. The molecule has 96 valence electrons. The van der Waals surface area contributed by atoms with Crippen molar-refractivity contribution in [2.45, 2.75) is 6.42 Å². The molecule has 0 fully saturated rings. The quantitative estimate of drug-likeness (QED) is 0.753. The van der Waals surface area contributed by atoms with Crippen molar-refractivity contribution in [1.29, 1.82) is 0 Å². The summed E-state index contributed by atoms with van der Waals surface area (Å²) < 4.78 is 2.14. The van der Waals surface area contributed by atoms with E-state index in [1.165, 1.54) is 0 Å². The van der Waals surface area contributed by atoms with Gasteiger partial charge in [-0.3, -0.25) is 0 Å². The molecule has 3 nitrogen and oxygen atoms in total. The van der Waals surface area contributed by atoms with Crippen LogP contribution < -0.4 is 5.73 Å². The third kappa shape index (κ3) is 2.09. The molecule has 3 rings (SSSR count). The third-order valence-electron chi connectivity index (χ3n) is 3.32. The third-order valence-corrected chi connectivity index (χ3v) is 3.32. The van der Waals surface area contributed by atoms with Crippen molar-refractivity contribution >= 4 is 10.9 Å². The summed E-state index contributed by atoms with van der Waals surface area (Å²) in [4.78, 5) is 0. The average Bonchev–Trinajstić information content (AvgIpc) is 2.79. The van der Waals surface area contributed by atoms with E-state index in [-0.39, 0.29) is 5.75 Å². The van der Waals surface area contributed by atoms with Crippen LogP contribution in [0.4, 0.5) is 0 Å². The van der Waals surface area contributed by atoms with Crippen LogP contribution in [-0.4, -0.2) is 16.2 Å². The normalized spacial score (nSPS) is 11.0. The second-order valence-corrected chi connectivity index (χ2v) is 4.60. The Morgan fingerprint density at radius 3 is 2.58 bits per heavy atom. The number of aromatic nitrogens is 1. The Bertz CT molecular complexity index is 701. The monoisotopic (exact) mass is 252 g/mol. The minimum absolute atomic E-state index is 0.289. The van der Waals surface area contributed by atoms with Crippen LogP contribution >= 0.6 is 0 Å². The van der Waals surface area contributed by atoms with Gasteiger partial charge in [0.2, 0.25) is 0 Å². The van der Waals surface area contributed by atoms with E-state index in [2.05, 4.69) is 22.9 Å². The highest BCUT2D eigenvalue weighted by Crippen LogP contribution is 2.28. The van der Waals surface area contributed by atoms with E-state index in [0.717, 1.165) is 28.6 Å². The molecule has 0 radical (unpaired) electrons. The summed E-state index contributed by atoms with van der Waals surface area (Å²) in [6.45, 7) is 0.601. The van der Waals surface area contributed by atoms with Crippen LogP contribution in [0.1, 0.15) is 5.56 Å². The topological polar surface area (TPSA) is 51.2 Å². The molecule has 0 aliphatic rings. The summed E-state index contributed by atoms with van der Waals surface area (Å²) in [5, 5.41) is 10.7. The smallest absolute Gasteiger partial charge is 0.116 e. The summed E-state index contributed by atoms with van der Waals surface area (Å²) in [7, 11) is 0. The van der Waals surface area contributed by atoms with Crippen LogP contribution in [-0.2, 0) is 6.42 Å². The highest BCUT2D eigenvalue weighted by atomic mass is 16.3. The molecule has 0 saturated heterocycles. The van der Waals surface area contributed by atoms with Gasteiger partial charge in [0.15, 0.2) is 0 Å². The lowest BCUT2D eigenvalue weighted by Crippen LogP contribution is -2.02. The first kappa shape index (κ1) is 11.8. The molecule has 2 aromatic carbocycles. The van der Waals surface area contributed by atoms with Crippen LogP contribution in [0, 0.1) is 0 Å².